The lowest BCUT2D eigenvalue weighted by Gasteiger charge is -2.08. The molecule has 1 aromatic heterocycles. The first-order chi connectivity index (χ1) is 8.40. The molecule has 0 unspecified atom stereocenters. The number of hydrogen-bond acceptors (Lipinski definition) is 5. The second-order valence-corrected chi connectivity index (χ2v) is 6.01. The Morgan fingerprint density at radius 2 is 2.17 bits per heavy atom. The molecule has 96 valence electrons. The second-order valence-electron chi connectivity index (χ2n) is 3.50. The van der Waals surface area contributed by atoms with E-state index in [-0.39, 0.29) is 10.8 Å². The van der Waals surface area contributed by atoms with Crippen molar-refractivity contribution < 1.29 is 8.42 Å². The third-order valence-corrected chi connectivity index (χ3v) is 4.49. The summed E-state index contributed by atoms with van der Waals surface area (Å²) in [6.07, 6.45) is 1.26. The molecule has 0 aliphatic carbocycles. The largest absolute Gasteiger partial charge is 0.399 e. The minimum atomic E-state index is -3.73. The third kappa shape index (κ3) is 2.46. The van der Waals surface area contributed by atoms with Gasteiger partial charge in [-0.1, -0.05) is 0 Å². The fourth-order valence-corrected chi connectivity index (χ4v) is 3.43. The first-order valence-corrected chi connectivity index (χ1v) is 7.09. The number of nitrogens with two attached hydrogens (primary N) is 1. The van der Waals surface area contributed by atoms with Gasteiger partial charge in [0, 0.05) is 17.2 Å². The van der Waals surface area contributed by atoms with Gasteiger partial charge < -0.3 is 5.73 Å². The summed E-state index contributed by atoms with van der Waals surface area (Å²) < 4.78 is 28.3. The van der Waals surface area contributed by atoms with Crippen LogP contribution in [0.25, 0.3) is 0 Å². The highest BCUT2D eigenvalue weighted by Crippen LogP contribution is 2.25. The topological polar surface area (TPSA) is 103 Å². The Hall–Kier alpha value is -1.61. The SMILES string of the molecule is Cn1ncnc1NS(=O)(=O)c1ccc(N)cc1Br. The Bertz CT molecular complexity index is 682. The standard InChI is InChI=1S/C9H10BrN5O2S/c1-15-9(12-5-13-15)14-18(16,17)8-3-2-6(11)4-7(8)10/h2-5H,11H2,1H3,(H,12,13,14). The number of halogens is 1. The maximum Gasteiger partial charge on any atom is 0.265 e. The fourth-order valence-electron chi connectivity index (χ4n) is 1.30. The van der Waals surface area contributed by atoms with E-state index in [4.69, 9.17) is 5.73 Å². The van der Waals surface area contributed by atoms with Crippen molar-refractivity contribution in [2.75, 3.05) is 10.5 Å². The molecule has 9 heteroatoms. The molecule has 18 heavy (non-hydrogen) atoms. The van der Waals surface area contributed by atoms with Crippen LogP contribution in [0.4, 0.5) is 11.6 Å². The lowest BCUT2D eigenvalue weighted by Crippen LogP contribution is -2.16. The molecule has 0 saturated heterocycles. The molecule has 1 aromatic carbocycles. The van der Waals surface area contributed by atoms with Gasteiger partial charge in [-0.3, -0.25) is 0 Å². The highest BCUT2D eigenvalue weighted by Gasteiger charge is 2.19. The summed E-state index contributed by atoms with van der Waals surface area (Å²) in [5.74, 6) is 0.138. The average molecular weight is 332 g/mol. The number of nitrogens with one attached hydrogen (secondary N) is 1. The minimum Gasteiger partial charge on any atom is -0.399 e. The summed E-state index contributed by atoms with van der Waals surface area (Å²) in [6, 6.07) is 4.44. The summed E-state index contributed by atoms with van der Waals surface area (Å²) in [5.41, 5.74) is 6.03. The molecular weight excluding hydrogens is 322 g/mol. The Kier molecular flexibility index (Phi) is 3.26. The zero-order valence-corrected chi connectivity index (χ0v) is 11.7. The van der Waals surface area contributed by atoms with Crippen LogP contribution in [0.2, 0.25) is 0 Å². The molecule has 0 atom stereocenters. The molecule has 0 fully saturated rings. The number of hydrogen-bond donors (Lipinski definition) is 2. The highest BCUT2D eigenvalue weighted by molar-refractivity contribution is 9.10. The highest BCUT2D eigenvalue weighted by atomic mass is 79.9. The van der Waals surface area contributed by atoms with Gasteiger partial charge in [0.15, 0.2) is 0 Å². The van der Waals surface area contributed by atoms with Crippen molar-refractivity contribution in [1.82, 2.24) is 14.8 Å². The number of rotatable bonds is 3. The van der Waals surface area contributed by atoms with E-state index in [1.807, 2.05) is 0 Å². The maximum atomic E-state index is 12.1. The van der Waals surface area contributed by atoms with E-state index in [9.17, 15) is 8.42 Å². The molecule has 0 saturated carbocycles. The summed E-state index contributed by atoms with van der Waals surface area (Å²) in [5, 5.41) is 3.78. The predicted octanol–water partition coefficient (Wildman–Crippen LogP) is 0.961. The molecule has 2 rings (SSSR count). The van der Waals surface area contributed by atoms with Crippen LogP contribution in [0.5, 0.6) is 0 Å². The van der Waals surface area contributed by atoms with Crippen LogP contribution in [-0.4, -0.2) is 23.2 Å². The van der Waals surface area contributed by atoms with E-state index in [1.165, 1.54) is 29.2 Å². The Morgan fingerprint density at radius 1 is 1.44 bits per heavy atom. The lowest BCUT2D eigenvalue weighted by molar-refractivity contribution is 0.599. The monoisotopic (exact) mass is 331 g/mol. The van der Waals surface area contributed by atoms with E-state index < -0.39 is 10.0 Å². The van der Waals surface area contributed by atoms with E-state index in [0.29, 0.717) is 10.2 Å². The number of nitrogen functional groups attached to an aromatic ring is 1. The van der Waals surface area contributed by atoms with Crippen LogP contribution in [0.15, 0.2) is 33.9 Å². The minimum absolute atomic E-state index is 0.0831. The lowest BCUT2D eigenvalue weighted by atomic mass is 10.3. The number of sulfonamides is 1. The van der Waals surface area contributed by atoms with E-state index >= 15 is 0 Å². The van der Waals surface area contributed by atoms with Gasteiger partial charge in [0.2, 0.25) is 5.95 Å². The number of nitrogens with zero attached hydrogens (tertiary/aromatic N) is 3. The zero-order valence-electron chi connectivity index (χ0n) is 9.33. The Labute approximate surface area is 112 Å². The van der Waals surface area contributed by atoms with Crippen molar-refractivity contribution >= 4 is 37.6 Å². The van der Waals surface area contributed by atoms with E-state index in [0.717, 1.165) is 0 Å². The van der Waals surface area contributed by atoms with Gasteiger partial charge in [0.05, 0.1) is 0 Å². The zero-order chi connectivity index (χ0) is 13.3. The Balaban J connectivity index is 2.40. The molecule has 3 N–H and O–H groups in total. The fraction of sp³-hybridized carbons (Fsp3) is 0.111. The molecule has 2 aromatic rings. The van der Waals surface area contributed by atoms with Crippen molar-refractivity contribution in [3.8, 4) is 0 Å². The van der Waals surface area contributed by atoms with Gasteiger partial charge in [-0.2, -0.15) is 10.1 Å². The molecule has 1 heterocycles. The number of benzene rings is 1. The number of aryl methyl sites for hydroxylation is 1. The molecule has 0 aliphatic heterocycles. The maximum absolute atomic E-state index is 12.1. The van der Waals surface area contributed by atoms with Gasteiger partial charge in [-0.05, 0) is 34.1 Å². The molecule has 0 radical (unpaired) electrons. The van der Waals surface area contributed by atoms with Crippen LogP contribution in [-0.2, 0) is 17.1 Å². The summed E-state index contributed by atoms with van der Waals surface area (Å²) in [7, 11) is -2.14. The second kappa shape index (κ2) is 4.58. The first-order valence-electron chi connectivity index (χ1n) is 4.82. The molecule has 0 bridgehead atoms. The van der Waals surface area contributed by atoms with Gasteiger partial charge in [-0.25, -0.2) is 17.8 Å². The normalized spacial score (nSPS) is 11.4. The number of anilines is 2. The predicted molar refractivity (Wildman–Crippen MR) is 70.4 cm³/mol. The molecule has 7 nitrogen and oxygen atoms in total. The van der Waals surface area contributed by atoms with Crippen molar-refractivity contribution in [3.05, 3.63) is 29.0 Å². The van der Waals surface area contributed by atoms with Crippen molar-refractivity contribution in [3.63, 3.8) is 0 Å². The van der Waals surface area contributed by atoms with Crippen LogP contribution in [0.3, 0.4) is 0 Å². The smallest absolute Gasteiger partial charge is 0.265 e. The van der Waals surface area contributed by atoms with Crippen molar-refractivity contribution in [1.29, 1.82) is 0 Å². The van der Waals surface area contributed by atoms with Crippen LogP contribution >= 0.6 is 15.9 Å². The van der Waals surface area contributed by atoms with Gasteiger partial charge >= 0.3 is 0 Å². The molecular formula is C9H10BrN5O2S. The van der Waals surface area contributed by atoms with Crippen molar-refractivity contribution in [2.45, 2.75) is 4.90 Å². The average Bonchev–Trinajstić information content (AvgIpc) is 2.63. The molecule has 0 amide bonds. The van der Waals surface area contributed by atoms with Crippen LogP contribution in [0, 0.1) is 0 Å². The summed E-state index contributed by atoms with van der Waals surface area (Å²) >= 11 is 3.16. The van der Waals surface area contributed by atoms with E-state index in [1.54, 1.807) is 7.05 Å². The van der Waals surface area contributed by atoms with Gasteiger partial charge in [-0.15, -0.1) is 0 Å². The first kappa shape index (κ1) is 12.8. The molecule has 0 aliphatic rings. The van der Waals surface area contributed by atoms with Crippen LogP contribution < -0.4 is 10.5 Å². The van der Waals surface area contributed by atoms with Crippen LogP contribution in [0.1, 0.15) is 0 Å². The Morgan fingerprint density at radius 3 is 2.72 bits per heavy atom. The molecule has 0 spiro atoms. The van der Waals surface area contributed by atoms with E-state index in [2.05, 4.69) is 30.7 Å². The summed E-state index contributed by atoms with van der Waals surface area (Å²) in [6.45, 7) is 0. The van der Waals surface area contributed by atoms with Crippen molar-refractivity contribution in [2.24, 2.45) is 7.05 Å². The summed E-state index contributed by atoms with van der Waals surface area (Å²) in [4.78, 5) is 3.88. The third-order valence-electron chi connectivity index (χ3n) is 2.18. The van der Waals surface area contributed by atoms with Gasteiger partial charge in [0.25, 0.3) is 10.0 Å². The quantitative estimate of drug-likeness (QED) is 0.815. The van der Waals surface area contributed by atoms with Gasteiger partial charge in [0.1, 0.15) is 11.2 Å². The number of aromatic nitrogens is 3.